The van der Waals surface area contributed by atoms with Gasteiger partial charge < -0.3 is 14.5 Å². The third kappa shape index (κ3) is 5.48. The first-order chi connectivity index (χ1) is 15.8. The van der Waals surface area contributed by atoms with E-state index in [1.54, 1.807) is 30.3 Å². The zero-order valence-electron chi connectivity index (χ0n) is 17.4. The number of esters is 1. The van der Waals surface area contributed by atoms with E-state index >= 15 is 0 Å². The topological polar surface area (TPSA) is 119 Å². The molecule has 33 heavy (non-hydrogen) atoms. The summed E-state index contributed by atoms with van der Waals surface area (Å²) in [6, 6.07) is 10.9. The summed E-state index contributed by atoms with van der Waals surface area (Å²) in [7, 11) is -3.58. The van der Waals surface area contributed by atoms with Crippen LogP contribution < -0.4 is 5.56 Å². The molecule has 1 fully saturated rings. The first kappa shape index (κ1) is 23.1. The molecule has 1 N–H and O–H groups in total. The summed E-state index contributed by atoms with van der Waals surface area (Å²) in [5.41, 5.74) is 0.671. The van der Waals surface area contributed by atoms with Gasteiger partial charge in [0.25, 0.3) is 5.56 Å². The van der Waals surface area contributed by atoms with Crippen LogP contribution in [0.2, 0.25) is 5.02 Å². The predicted molar refractivity (Wildman–Crippen MR) is 122 cm³/mol. The van der Waals surface area contributed by atoms with E-state index in [-0.39, 0.29) is 22.9 Å². The minimum absolute atomic E-state index is 0.176. The molecule has 0 spiro atoms. The lowest BCUT2D eigenvalue weighted by molar-refractivity contribution is -0.139. The Bertz CT molecular complexity index is 1360. The Hall–Kier alpha value is -3.05. The van der Waals surface area contributed by atoms with Gasteiger partial charge in [0.2, 0.25) is 10.0 Å². The number of H-pyrrole nitrogens is 1. The highest BCUT2D eigenvalue weighted by Crippen LogP contribution is 2.18. The quantitative estimate of drug-likeness (QED) is 0.417. The third-order valence-corrected chi connectivity index (χ3v) is 7.12. The molecule has 1 aromatic heterocycles. The van der Waals surface area contributed by atoms with Gasteiger partial charge in [0.1, 0.15) is 12.4 Å². The van der Waals surface area contributed by atoms with Gasteiger partial charge in [0, 0.05) is 24.2 Å². The number of nitrogens with zero attached hydrogens (tertiary/aromatic N) is 2. The highest BCUT2D eigenvalue weighted by molar-refractivity contribution is 7.89. The molecule has 0 bridgehead atoms. The van der Waals surface area contributed by atoms with E-state index in [1.807, 2.05) is 0 Å². The van der Waals surface area contributed by atoms with Crippen molar-refractivity contribution in [1.29, 1.82) is 0 Å². The Morgan fingerprint density at radius 3 is 2.64 bits per heavy atom. The summed E-state index contributed by atoms with van der Waals surface area (Å²) in [5.74, 6) is -0.456. The lowest BCUT2D eigenvalue weighted by Crippen LogP contribution is -2.40. The molecule has 1 aliphatic rings. The van der Waals surface area contributed by atoms with Crippen molar-refractivity contribution in [2.45, 2.75) is 11.5 Å². The van der Waals surface area contributed by atoms with Gasteiger partial charge in [-0.05, 0) is 42.0 Å². The first-order valence-corrected chi connectivity index (χ1v) is 11.9. The Balaban J connectivity index is 1.38. The van der Waals surface area contributed by atoms with Crippen LogP contribution in [0.3, 0.4) is 0 Å². The normalized spacial score (nSPS) is 15.2. The van der Waals surface area contributed by atoms with E-state index in [4.69, 9.17) is 21.1 Å². The molecule has 11 heteroatoms. The van der Waals surface area contributed by atoms with Crippen molar-refractivity contribution >= 4 is 44.6 Å². The van der Waals surface area contributed by atoms with E-state index in [2.05, 4.69) is 9.97 Å². The van der Waals surface area contributed by atoms with Crippen LogP contribution in [-0.2, 0) is 30.9 Å². The number of hydrogen-bond acceptors (Lipinski definition) is 7. The number of carbonyl (C=O) groups is 1. The number of aromatic amines is 1. The molecule has 1 aliphatic heterocycles. The number of hydrogen-bond donors (Lipinski definition) is 1. The number of aromatic nitrogens is 2. The fourth-order valence-electron chi connectivity index (χ4n) is 3.27. The number of rotatable bonds is 6. The summed E-state index contributed by atoms with van der Waals surface area (Å²) in [4.78, 5) is 31.2. The highest BCUT2D eigenvalue weighted by atomic mass is 35.5. The van der Waals surface area contributed by atoms with Crippen molar-refractivity contribution in [3.8, 4) is 0 Å². The first-order valence-electron chi connectivity index (χ1n) is 10.0. The number of nitrogens with one attached hydrogen (secondary N) is 1. The minimum atomic E-state index is -3.58. The molecule has 0 atom stereocenters. The highest BCUT2D eigenvalue weighted by Gasteiger charge is 2.25. The van der Waals surface area contributed by atoms with Crippen molar-refractivity contribution in [1.82, 2.24) is 14.3 Å². The number of halogens is 1. The molecule has 3 aromatic rings. The maximum absolute atomic E-state index is 12.6. The van der Waals surface area contributed by atoms with Crippen LogP contribution in [0, 0.1) is 0 Å². The van der Waals surface area contributed by atoms with Gasteiger partial charge in [-0.2, -0.15) is 4.31 Å². The largest absolute Gasteiger partial charge is 0.454 e. The number of benzene rings is 2. The average molecular weight is 490 g/mol. The molecular weight excluding hydrogens is 470 g/mol. The summed E-state index contributed by atoms with van der Waals surface area (Å²) in [6.45, 7) is 1.16. The van der Waals surface area contributed by atoms with Gasteiger partial charge in [0.15, 0.2) is 0 Å². The van der Waals surface area contributed by atoms with Crippen LogP contribution in [0.15, 0.2) is 58.2 Å². The van der Waals surface area contributed by atoms with Crippen molar-refractivity contribution in [3.63, 3.8) is 0 Å². The Kier molecular flexibility index (Phi) is 6.89. The van der Waals surface area contributed by atoms with Crippen LogP contribution in [0.4, 0.5) is 0 Å². The molecule has 172 valence electrons. The van der Waals surface area contributed by atoms with Crippen LogP contribution in [0.25, 0.3) is 17.0 Å². The van der Waals surface area contributed by atoms with E-state index in [0.717, 1.165) is 0 Å². The molecule has 2 aromatic carbocycles. The zero-order chi connectivity index (χ0) is 23.4. The van der Waals surface area contributed by atoms with E-state index in [1.165, 1.54) is 28.6 Å². The van der Waals surface area contributed by atoms with Gasteiger partial charge in [-0.25, -0.2) is 18.2 Å². The summed E-state index contributed by atoms with van der Waals surface area (Å²) in [6.07, 6.45) is 2.71. The van der Waals surface area contributed by atoms with Crippen molar-refractivity contribution in [2.75, 3.05) is 26.3 Å². The number of carbonyl (C=O) groups excluding carboxylic acids is 1. The monoisotopic (exact) mass is 489 g/mol. The van der Waals surface area contributed by atoms with Crippen LogP contribution >= 0.6 is 11.6 Å². The Labute approximate surface area is 194 Å². The molecular formula is C22H20ClN3O6S. The minimum Gasteiger partial charge on any atom is -0.454 e. The predicted octanol–water partition coefficient (Wildman–Crippen LogP) is 2.35. The fraction of sp³-hybridized carbons (Fsp3) is 0.227. The van der Waals surface area contributed by atoms with Gasteiger partial charge in [-0.1, -0.05) is 23.7 Å². The zero-order valence-corrected chi connectivity index (χ0v) is 18.9. The summed E-state index contributed by atoms with van der Waals surface area (Å²) in [5, 5.41) is 0.823. The van der Waals surface area contributed by atoms with E-state index in [0.29, 0.717) is 47.8 Å². The lowest BCUT2D eigenvalue weighted by Gasteiger charge is -2.26. The molecule has 0 aliphatic carbocycles. The van der Waals surface area contributed by atoms with Gasteiger partial charge in [0.05, 0.1) is 29.0 Å². The molecule has 0 unspecified atom stereocenters. The van der Waals surface area contributed by atoms with E-state index in [9.17, 15) is 18.0 Å². The van der Waals surface area contributed by atoms with Gasteiger partial charge in [-0.3, -0.25) is 4.79 Å². The standard InChI is InChI=1S/C22H20ClN3O6S/c23-16-4-7-18-19(13-16)24-20(25-22(18)28)14-32-21(27)8-3-15-1-5-17(6-2-15)33(29,30)26-9-11-31-12-10-26/h1-8,13H,9-12,14H2,(H,24,25,28)/b8-3+. The van der Waals surface area contributed by atoms with Crippen LogP contribution in [-0.4, -0.2) is 55.0 Å². The molecule has 0 radical (unpaired) electrons. The van der Waals surface area contributed by atoms with Crippen LogP contribution in [0.5, 0.6) is 0 Å². The number of ether oxygens (including phenoxy) is 2. The molecule has 1 saturated heterocycles. The average Bonchev–Trinajstić information content (AvgIpc) is 2.82. The molecule has 2 heterocycles. The molecule has 4 rings (SSSR count). The maximum Gasteiger partial charge on any atom is 0.331 e. The van der Waals surface area contributed by atoms with Crippen molar-refractivity contribution in [3.05, 3.63) is 75.3 Å². The number of fused-ring (bicyclic) bond motifs is 1. The Morgan fingerprint density at radius 2 is 1.91 bits per heavy atom. The number of morpholine rings is 1. The van der Waals surface area contributed by atoms with Crippen molar-refractivity contribution in [2.24, 2.45) is 0 Å². The van der Waals surface area contributed by atoms with Gasteiger partial charge >= 0.3 is 5.97 Å². The van der Waals surface area contributed by atoms with E-state index < -0.39 is 16.0 Å². The van der Waals surface area contributed by atoms with Crippen molar-refractivity contribution < 1.29 is 22.7 Å². The maximum atomic E-state index is 12.6. The molecule has 0 amide bonds. The second-order valence-electron chi connectivity index (χ2n) is 7.20. The summed E-state index contributed by atoms with van der Waals surface area (Å²) >= 11 is 5.94. The fourth-order valence-corrected chi connectivity index (χ4v) is 4.84. The molecule has 0 saturated carbocycles. The summed E-state index contributed by atoms with van der Waals surface area (Å²) < 4.78 is 37.0. The SMILES string of the molecule is O=C(/C=C/c1ccc(S(=O)(=O)N2CCOCC2)cc1)OCc1nc2cc(Cl)ccc2c(=O)[nH]1. The third-order valence-electron chi connectivity index (χ3n) is 4.97. The van der Waals surface area contributed by atoms with Gasteiger partial charge in [-0.15, -0.1) is 0 Å². The number of sulfonamides is 1. The molecule has 9 nitrogen and oxygen atoms in total. The van der Waals surface area contributed by atoms with Crippen LogP contribution in [0.1, 0.15) is 11.4 Å². The second-order valence-corrected chi connectivity index (χ2v) is 9.58. The lowest BCUT2D eigenvalue weighted by atomic mass is 10.2. The smallest absolute Gasteiger partial charge is 0.331 e. The Morgan fingerprint density at radius 1 is 1.18 bits per heavy atom. The second kappa shape index (κ2) is 9.84.